The van der Waals surface area contributed by atoms with Gasteiger partial charge in [-0.15, -0.1) is 11.8 Å². The number of carboxylic acid groups (broad SMARTS) is 1. The molecule has 2 amide bonds. The number of benzene rings is 2. The Labute approximate surface area is 170 Å². The summed E-state index contributed by atoms with van der Waals surface area (Å²) in [5.41, 5.74) is 1.01. The highest BCUT2D eigenvalue weighted by molar-refractivity contribution is 8.00. The van der Waals surface area contributed by atoms with E-state index in [4.69, 9.17) is 21.4 Å². The minimum atomic E-state index is -1.20. The Kier molecular flexibility index (Phi) is 7.91. The molecule has 2 aromatic rings. The lowest BCUT2D eigenvalue weighted by atomic mass is 10.3. The van der Waals surface area contributed by atoms with Crippen molar-refractivity contribution in [2.24, 2.45) is 0 Å². The summed E-state index contributed by atoms with van der Waals surface area (Å²) in [6, 6.07) is 11.8. The standard InChI is InChI=1S/C19H17ClN2O5S/c1-27-16-7-2-12(20)10-15(16)22-18(24)11-28-14-5-3-13(4-6-14)21-17(23)8-9-19(25)26/h2-10H,11H2,1H3,(H,21,23)(H,22,24)(H,25,26)/b9-8+. The second kappa shape index (κ2) is 10.4. The number of thioether (sulfide) groups is 1. The summed E-state index contributed by atoms with van der Waals surface area (Å²) >= 11 is 7.26. The van der Waals surface area contributed by atoms with Crippen LogP contribution in [-0.2, 0) is 14.4 Å². The number of nitrogens with one attached hydrogen (secondary N) is 2. The van der Waals surface area contributed by atoms with Gasteiger partial charge in [0, 0.05) is 27.8 Å². The van der Waals surface area contributed by atoms with E-state index in [0.29, 0.717) is 22.1 Å². The summed E-state index contributed by atoms with van der Waals surface area (Å²) in [6.45, 7) is 0. The van der Waals surface area contributed by atoms with E-state index in [1.807, 2.05) is 0 Å². The topological polar surface area (TPSA) is 105 Å². The zero-order chi connectivity index (χ0) is 20.5. The smallest absolute Gasteiger partial charge is 0.328 e. The molecule has 7 nitrogen and oxygen atoms in total. The third kappa shape index (κ3) is 6.98. The molecular weight excluding hydrogens is 404 g/mol. The zero-order valence-corrected chi connectivity index (χ0v) is 16.3. The number of ether oxygens (including phenoxy) is 1. The number of rotatable bonds is 8. The molecule has 0 heterocycles. The van der Waals surface area contributed by atoms with Crippen LogP contribution >= 0.6 is 23.4 Å². The molecule has 0 unspecified atom stereocenters. The van der Waals surface area contributed by atoms with Crippen molar-refractivity contribution in [2.75, 3.05) is 23.5 Å². The first kappa shape index (κ1) is 21.3. The van der Waals surface area contributed by atoms with E-state index in [-0.39, 0.29) is 11.7 Å². The summed E-state index contributed by atoms with van der Waals surface area (Å²) in [7, 11) is 1.51. The van der Waals surface area contributed by atoms with Crippen molar-refractivity contribution in [3.05, 3.63) is 59.6 Å². The fourth-order valence-corrected chi connectivity index (χ4v) is 2.95. The highest BCUT2D eigenvalue weighted by atomic mass is 35.5. The molecule has 0 saturated heterocycles. The number of carboxylic acids is 1. The van der Waals surface area contributed by atoms with Gasteiger partial charge >= 0.3 is 5.97 Å². The van der Waals surface area contributed by atoms with Crippen molar-refractivity contribution >= 4 is 52.5 Å². The van der Waals surface area contributed by atoms with Crippen molar-refractivity contribution < 1.29 is 24.2 Å². The van der Waals surface area contributed by atoms with E-state index in [0.717, 1.165) is 17.0 Å². The lowest BCUT2D eigenvalue weighted by molar-refractivity contribution is -0.131. The maximum Gasteiger partial charge on any atom is 0.328 e. The molecule has 0 bridgehead atoms. The summed E-state index contributed by atoms with van der Waals surface area (Å²) in [5.74, 6) is -1.28. The first-order valence-electron chi connectivity index (χ1n) is 7.95. The van der Waals surface area contributed by atoms with Gasteiger partial charge in [0.1, 0.15) is 5.75 Å². The SMILES string of the molecule is COc1ccc(Cl)cc1NC(=O)CSc1ccc(NC(=O)/C=C/C(=O)O)cc1. The van der Waals surface area contributed by atoms with Crippen molar-refractivity contribution in [3.63, 3.8) is 0 Å². The van der Waals surface area contributed by atoms with Gasteiger partial charge in [0.05, 0.1) is 18.6 Å². The molecule has 0 spiro atoms. The van der Waals surface area contributed by atoms with Crippen molar-refractivity contribution in [3.8, 4) is 5.75 Å². The van der Waals surface area contributed by atoms with Crippen LogP contribution in [0, 0.1) is 0 Å². The first-order chi connectivity index (χ1) is 13.4. The Morgan fingerprint density at radius 2 is 1.82 bits per heavy atom. The van der Waals surface area contributed by atoms with E-state index in [2.05, 4.69) is 10.6 Å². The third-order valence-corrected chi connectivity index (χ3v) is 4.55. The number of methoxy groups -OCH3 is 1. The normalized spacial score (nSPS) is 10.5. The molecule has 0 radical (unpaired) electrons. The number of hydrogen-bond acceptors (Lipinski definition) is 5. The van der Waals surface area contributed by atoms with Crippen molar-refractivity contribution in [2.45, 2.75) is 4.90 Å². The number of anilines is 2. The molecule has 0 fully saturated rings. The predicted molar refractivity (Wildman–Crippen MR) is 109 cm³/mol. The van der Waals surface area contributed by atoms with Crippen molar-refractivity contribution in [1.29, 1.82) is 0 Å². The number of carbonyl (C=O) groups excluding carboxylic acids is 2. The van der Waals surface area contributed by atoms with E-state index in [1.54, 1.807) is 42.5 Å². The van der Waals surface area contributed by atoms with Gasteiger partial charge in [-0.25, -0.2) is 4.79 Å². The van der Waals surface area contributed by atoms with Crippen LogP contribution in [0.3, 0.4) is 0 Å². The second-order valence-electron chi connectivity index (χ2n) is 5.37. The highest BCUT2D eigenvalue weighted by Crippen LogP contribution is 2.28. The quantitative estimate of drug-likeness (QED) is 0.444. The molecular formula is C19H17ClN2O5S. The van der Waals surface area contributed by atoms with Gasteiger partial charge < -0.3 is 20.5 Å². The van der Waals surface area contributed by atoms with E-state index in [1.165, 1.54) is 18.9 Å². The largest absolute Gasteiger partial charge is 0.495 e. The fraction of sp³-hybridized carbons (Fsp3) is 0.105. The average molecular weight is 421 g/mol. The molecule has 3 N–H and O–H groups in total. The fourth-order valence-electron chi connectivity index (χ4n) is 2.08. The van der Waals surface area contributed by atoms with E-state index < -0.39 is 11.9 Å². The number of aliphatic carboxylic acids is 1. The van der Waals surface area contributed by atoms with Gasteiger partial charge in [0.15, 0.2) is 0 Å². The monoisotopic (exact) mass is 420 g/mol. The van der Waals surface area contributed by atoms with Crippen LogP contribution in [0.15, 0.2) is 59.5 Å². The van der Waals surface area contributed by atoms with E-state index in [9.17, 15) is 14.4 Å². The number of halogens is 1. The Balaban J connectivity index is 1.87. The summed E-state index contributed by atoms with van der Waals surface area (Å²) in [6.07, 6.45) is 1.69. The average Bonchev–Trinajstić information content (AvgIpc) is 2.66. The van der Waals surface area contributed by atoms with Crippen LogP contribution in [0.25, 0.3) is 0 Å². The molecule has 0 saturated carbocycles. The minimum absolute atomic E-state index is 0.169. The molecule has 28 heavy (non-hydrogen) atoms. The lowest BCUT2D eigenvalue weighted by Gasteiger charge is -2.10. The molecule has 2 aromatic carbocycles. The summed E-state index contributed by atoms with van der Waals surface area (Å²) in [4.78, 5) is 34.9. The van der Waals surface area contributed by atoms with Crippen LogP contribution < -0.4 is 15.4 Å². The maximum absolute atomic E-state index is 12.2. The molecule has 0 aliphatic rings. The molecule has 2 rings (SSSR count). The van der Waals surface area contributed by atoms with Crippen LogP contribution in [0.5, 0.6) is 5.75 Å². The molecule has 0 aromatic heterocycles. The van der Waals surface area contributed by atoms with Crippen molar-refractivity contribution in [1.82, 2.24) is 0 Å². The van der Waals surface area contributed by atoms with Gasteiger partial charge in [0.25, 0.3) is 0 Å². The van der Waals surface area contributed by atoms with Gasteiger partial charge in [0.2, 0.25) is 11.8 Å². The molecule has 146 valence electrons. The summed E-state index contributed by atoms with van der Waals surface area (Å²) in [5, 5.41) is 14.3. The van der Waals surface area contributed by atoms with Crippen LogP contribution in [0.4, 0.5) is 11.4 Å². The van der Waals surface area contributed by atoms with Crippen LogP contribution in [0.1, 0.15) is 0 Å². The van der Waals surface area contributed by atoms with Crippen LogP contribution in [0.2, 0.25) is 5.02 Å². The Morgan fingerprint density at radius 1 is 1.11 bits per heavy atom. The maximum atomic E-state index is 12.2. The molecule has 0 aliphatic carbocycles. The number of amides is 2. The first-order valence-corrected chi connectivity index (χ1v) is 9.32. The molecule has 9 heteroatoms. The number of carbonyl (C=O) groups is 3. The Bertz CT molecular complexity index is 900. The molecule has 0 aliphatic heterocycles. The zero-order valence-electron chi connectivity index (χ0n) is 14.8. The van der Waals surface area contributed by atoms with Gasteiger partial charge in [-0.2, -0.15) is 0 Å². The number of hydrogen-bond donors (Lipinski definition) is 3. The predicted octanol–water partition coefficient (Wildman–Crippen LogP) is 3.66. The third-order valence-electron chi connectivity index (χ3n) is 3.30. The minimum Gasteiger partial charge on any atom is -0.495 e. The second-order valence-corrected chi connectivity index (χ2v) is 6.85. The highest BCUT2D eigenvalue weighted by Gasteiger charge is 2.09. The van der Waals surface area contributed by atoms with Gasteiger partial charge in [-0.1, -0.05) is 11.6 Å². The molecule has 0 atom stereocenters. The van der Waals surface area contributed by atoms with Gasteiger partial charge in [-0.3, -0.25) is 9.59 Å². The Morgan fingerprint density at radius 3 is 2.46 bits per heavy atom. The van der Waals surface area contributed by atoms with Crippen LogP contribution in [-0.4, -0.2) is 35.8 Å². The lowest BCUT2D eigenvalue weighted by Crippen LogP contribution is -2.14. The Hall–Kier alpha value is -2.97. The van der Waals surface area contributed by atoms with Gasteiger partial charge in [-0.05, 0) is 42.5 Å². The van der Waals surface area contributed by atoms with E-state index >= 15 is 0 Å². The summed E-state index contributed by atoms with van der Waals surface area (Å²) < 4.78 is 5.19.